The molecule has 0 fully saturated rings. The minimum atomic E-state index is 0.694. The van der Waals surface area contributed by atoms with Gasteiger partial charge in [0.05, 0.1) is 11.9 Å². The van der Waals surface area contributed by atoms with E-state index in [-0.39, 0.29) is 0 Å². The van der Waals surface area contributed by atoms with E-state index in [1.807, 2.05) is 47.1 Å². The molecule has 0 radical (unpaired) electrons. The Balaban J connectivity index is 1.69. The smallest absolute Gasteiger partial charge is 0.206 e. The molecule has 4 rings (SSSR count). The third kappa shape index (κ3) is 5.08. The molecular weight excluding hydrogens is 400 g/mol. The van der Waals surface area contributed by atoms with Crippen LogP contribution in [0.2, 0.25) is 5.02 Å². The summed E-state index contributed by atoms with van der Waals surface area (Å²) >= 11 is 7.77. The van der Waals surface area contributed by atoms with Crippen molar-refractivity contribution in [2.75, 3.05) is 6.54 Å². The topological polar surface area (TPSA) is 42.5 Å². The van der Waals surface area contributed by atoms with E-state index in [1.54, 1.807) is 29.9 Å². The molecule has 0 spiro atoms. The number of hydrogen-bond acceptors (Lipinski definition) is 4. The molecule has 0 saturated carbocycles. The third-order valence-corrected chi connectivity index (χ3v) is 5.39. The SMILES string of the molecule is Clc1cccc(-c2csc(=NCCc3ccccc3)n2N=Cc2cccnc2)c1. The highest BCUT2D eigenvalue weighted by Gasteiger charge is 2.08. The lowest BCUT2D eigenvalue weighted by atomic mass is 10.2. The third-order valence-electron chi connectivity index (χ3n) is 4.30. The number of thiazole rings is 1. The van der Waals surface area contributed by atoms with Crippen LogP contribution in [-0.2, 0) is 6.42 Å². The Morgan fingerprint density at radius 1 is 1.03 bits per heavy atom. The predicted molar refractivity (Wildman–Crippen MR) is 121 cm³/mol. The maximum atomic E-state index is 6.20. The number of hydrogen-bond donors (Lipinski definition) is 0. The number of aromatic nitrogens is 2. The van der Waals surface area contributed by atoms with Crippen molar-refractivity contribution in [3.8, 4) is 11.3 Å². The molecule has 2 aromatic carbocycles. The zero-order valence-corrected chi connectivity index (χ0v) is 17.2. The van der Waals surface area contributed by atoms with Crippen LogP contribution in [0.5, 0.6) is 0 Å². The first kappa shape index (κ1) is 19.3. The van der Waals surface area contributed by atoms with Gasteiger partial charge in [-0.3, -0.25) is 9.98 Å². The van der Waals surface area contributed by atoms with Gasteiger partial charge in [-0.15, -0.1) is 11.3 Å². The lowest BCUT2D eigenvalue weighted by Crippen LogP contribution is -2.13. The average Bonchev–Trinajstić information content (AvgIpc) is 3.16. The molecule has 4 aromatic rings. The summed E-state index contributed by atoms with van der Waals surface area (Å²) in [5.41, 5.74) is 4.16. The molecule has 0 atom stereocenters. The number of rotatable bonds is 6. The second kappa shape index (κ2) is 9.45. The van der Waals surface area contributed by atoms with Gasteiger partial charge in [-0.2, -0.15) is 5.10 Å². The normalized spacial score (nSPS) is 12.0. The highest BCUT2D eigenvalue weighted by atomic mass is 35.5. The van der Waals surface area contributed by atoms with Gasteiger partial charge in [0.1, 0.15) is 0 Å². The fourth-order valence-electron chi connectivity index (χ4n) is 2.87. The van der Waals surface area contributed by atoms with Gasteiger partial charge in [-0.05, 0) is 30.2 Å². The van der Waals surface area contributed by atoms with Crippen molar-refractivity contribution in [3.05, 3.63) is 105 Å². The van der Waals surface area contributed by atoms with Crippen molar-refractivity contribution in [2.24, 2.45) is 10.1 Å². The van der Waals surface area contributed by atoms with E-state index in [2.05, 4.69) is 34.6 Å². The Bertz CT molecular complexity index is 1160. The van der Waals surface area contributed by atoms with Crippen molar-refractivity contribution in [1.29, 1.82) is 0 Å². The Kier molecular flexibility index (Phi) is 6.29. The summed E-state index contributed by atoms with van der Waals surface area (Å²) in [4.78, 5) is 9.79. The van der Waals surface area contributed by atoms with Crippen LogP contribution in [0.3, 0.4) is 0 Å². The number of benzene rings is 2. The maximum absolute atomic E-state index is 6.20. The van der Waals surface area contributed by atoms with E-state index in [0.29, 0.717) is 11.6 Å². The van der Waals surface area contributed by atoms with Crippen molar-refractivity contribution in [3.63, 3.8) is 0 Å². The first-order chi connectivity index (χ1) is 14.3. The Morgan fingerprint density at radius 3 is 2.72 bits per heavy atom. The van der Waals surface area contributed by atoms with Crippen molar-refractivity contribution >= 4 is 29.2 Å². The van der Waals surface area contributed by atoms with Crippen LogP contribution in [-0.4, -0.2) is 22.4 Å². The molecule has 0 bridgehead atoms. The summed E-state index contributed by atoms with van der Waals surface area (Å²) in [5.74, 6) is 0. The van der Waals surface area contributed by atoms with Gasteiger partial charge < -0.3 is 0 Å². The Morgan fingerprint density at radius 2 is 1.93 bits per heavy atom. The zero-order chi connectivity index (χ0) is 19.9. The van der Waals surface area contributed by atoms with Crippen LogP contribution in [0, 0.1) is 0 Å². The molecule has 0 saturated heterocycles. The maximum Gasteiger partial charge on any atom is 0.206 e. The van der Waals surface area contributed by atoms with Gasteiger partial charge in [0.2, 0.25) is 4.80 Å². The van der Waals surface area contributed by atoms with Crippen LogP contribution in [0.25, 0.3) is 11.3 Å². The second-order valence-corrected chi connectivity index (χ2v) is 7.65. The van der Waals surface area contributed by atoms with Crippen molar-refractivity contribution < 1.29 is 0 Å². The molecule has 0 aliphatic heterocycles. The van der Waals surface area contributed by atoms with Crippen LogP contribution in [0.15, 0.2) is 94.6 Å². The van der Waals surface area contributed by atoms with E-state index in [0.717, 1.165) is 28.0 Å². The van der Waals surface area contributed by atoms with Crippen LogP contribution in [0.4, 0.5) is 0 Å². The van der Waals surface area contributed by atoms with E-state index in [4.69, 9.17) is 21.7 Å². The van der Waals surface area contributed by atoms with E-state index in [9.17, 15) is 0 Å². The molecular formula is C23H19ClN4S. The average molecular weight is 419 g/mol. The van der Waals surface area contributed by atoms with Crippen LogP contribution >= 0.6 is 22.9 Å². The lowest BCUT2D eigenvalue weighted by Gasteiger charge is -2.04. The van der Waals surface area contributed by atoms with Gasteiger partial charge in [0.15, 0.2) is 0 Å². The van der Waals surface area contributed by atoms with Gasteiger partial charge in [-0.25, -0.2) is 4.68 Å². The van der Waals surface area contributed by atoms with Crippen molar-refractivity contribution in [1.82, 2.24) is 9.66 Å². The summed E-state index contributed by atoms with van der Waals surface area (Å²) in [6.45, 7) is 0.696. The van der Waals surface area contributed by atoms with E-state index < -0.39 is 0 Å². The minimum Gasteiger partial charge on any atom is -0.264 e. The van der Waals surface area contributed by atoms with Gasteiger partial charge >= 0.3 is 0 Å². The zero-order valence-electron chi connectivity index (χ0n) is 15.6. The summed E-state index contributed by atoms with van der Waals surface area (Å²) in [6, 6.07) is 22.0. The van der Waals surface area contributed by atoms with Crippen LogP contribution in [0.1, 0.15) is 11.1 Å². The molecule has 2 heterocycles. The highest BCUT2D eigenvalue weighted by Crippen LogP contribution is 2.23. The first-order valence-corrected chi connectivity index (χ1v) is 10.5. The van der Waals surface area contributed by atoms with E-state index in [1.165, 1.54) is 5.56 Å². The van der Waals surface area contributed by atoms with Gasteiger partial charge in [0, 0.05) is 40.5 Å². The quantitative estimate of drug-likeness (QED) is 0.392. The fourth-order valence-corrected chi connectivity index (χ4v) is 3.92. The number of pyridine rings is 1. The molecule has 0 aliphatic carbocycles. The monoisotopic (exact) mass is 418 g/mol. The molecule has 6 heteroatoms. The van der Waals surface area contributed by atoms with Gasteiger partial charge in [-0.1, -0.05) is 60.1 Å². The highest BCUT2D eigenvalue weighted by molar-refractivity contribution is 7.07. The van der Waals surface area contributed by atoms with Crippen molar-refractivity contribution in [2.45, 2.75) is 6.42 Å². The van der Waals surface area contributed by atoms with Crippen LogP contribution < -0.4 is 4.80 Å². The molecule has 0 N–H and O–H groups in total. The minimum absolute atomic E-state index is 0.694. The summed E-state index contributed by atoms with van der Waals surface area (Å²) in [6.07, 6.45) is 6.21. The summed E-state index contributed by atoms with van der Waals surface area (Å²) < 4.78 is 1.87. The molecule has 144 valence electrons. The molecule has 0 aliphatic rings. The molecule has 4 nitrogen and oxygen atoms in total. The molecule has 0 unspecified atom stereocenters. The fraction of sp³-hybridized carbons (Fsp3) is 0.0870. The van der Waals surface area contributed by atoms with Gasteiger partial charge in [0.25, 0.3) is 0 Å². The Labute approximate surface area is 178 Å². The summed E-state index contributed by atoms with van der Waals surface area (Å²) in [5, 5.41) is 7.45. The molecule has 2 aromatic heterocycles. The predicted octanol–water partition coefficient (Wildman–Crippen LogP) is 5.29. The lowest BCUT2D eigenvalue weighted by molar-refractivity contribution is 0.816. The van der Waals surface area contributed by atoms with E-state index >= 15 is 0 Å². The molecule has 29 heavy (non-hydrogen) atoms. The first-order valence-electron chi connectivity index (χ1n) is 9.25. The standard InChI is InChI=1S/C23H19ClN4S/c24-21-10-4-9-20(14-21)22-17-29-23(26-13-11-18-6-2-1-3-7-18)28(22)27-16-19-8-5-12-25-15-19/h1-10,12,14-17H,11,13H2. The largest absolute Gasteiger partial charge is 0.264 e. The number of halogens is 1. The number of nitrogens with zero attached hydrogens (tertiary/aromatic N) is 4. The Hall–Kier alpha value is -3.02. The molecule has 0 amide bonds. The second-order valence-electron chi connectivity index (χ2n) is 6.37. The summed E-state index contributed by atoms with van der Waals surface area (Å²) in [7, 11) is 0.